The van der Waals surface area contributed by atoms with E-state index >= 15 is 0 Å². The van der Waals surface area contributed by atoms with Crippen molar-refractivity contribution in [3.05, 3.63) is 76.1 Å². The quantitative estimate of drug-likeness (QED) is 0.457. The van der Waals surface area contributed by atoms with Crippen LogP contribution in [-0.4, -0.2) is 24.9 Å². The lowest BCUT2D eigenvalue weighted by molar-refractivity contribution is -0.116. The zero-order valence-corrected chi connectivity index (χ0v) is 18.6. The SMILES string of the molecule is Cc1ccccc1-c1nc(CS(=O)(=O)CC(=O)CCCc2ccc(Cl)cc2)c(C)o1. The molecule has 0 bridgehead atoms. The van der Waals surface area contributed by atoms with Gasteiger partial charge in [0.2, 0.25) is 5.89 Å². The third kappa shape index (κ3) is 6.03. The standard InChI is InChI=1S/C23H24ClNO4S/c1-16-6-3-4-9-21(16)23-25-22(17(2)29-23)15-30(27,28)14-20(26)8-5-7-18-10-12-19(24)13-11-18/h3-4,6,9-13H,5,7-8,14-15H2,1-2H3. The van der Waals surface area contributed by atoms with Crippen LogP contribution in [0.3, 0.4) is 0 Å². The van der Waals surface area contributed by atoms with Gasteiger partial charge in [0, 0.05) is 17.0 Å². The largest absolute Gasteiger partial charge is 0.441 e. The molecule has 0 aliphatic heterocycles. The number of ketones is 1. The second-order valence-electron chi connectivity index (χ2n) is 7.39. The van der Waals surface area contributed by atoms with E-state index in [9.17, 15) is 13.2 Å². The van der Waals surface area contributed by atoms with Gasteiger partial charge in [0.25, 0.3) is 0 Å². The van der Waals surface area contributed by atoms with Crippen LogP contribution >= 0.6 is 11.6 Å². The van der Waals surface area contributed by atoms with Crippen molar-refractivity contribution in [2.75, 3.05) is 5.75 Å². The summed E-state index contributed by atoms with van der Waals surface area (Å²) in [5, 5.41) is 0.662. The summed E-state index contributed by atoms with van der Waals surface area (Å²) in [6, 6.07) is 15.0. The Morgan fingerprint density at radius 2 is 1.77 bits per heavy atom. The summed E-state index contributed by atoms with van der Waals surface area (Å²) in [7, 11) is -3.63. The molecule has 0 atom stereocenters. The number of benzene rings is 2. The predicted molar refractivity (Wildman–Crippen MR) is 118 cm³/mol. The molecule has 5 nitrogen and oxygen atoms in total. The van der Waals surface area contributed by atoms with Crippen LogP contribution < -0.4 is 0 Å². The molecule has 158 valence electrons. The van der Waals surface area contributed by atoms with Crippen molar-refractivity contribution >= 4 is 27.2 Å². The van der Waals surface area contributed by atoms with Gasteiger partial charge in [-0.3, -0.25) is 4.79 Å². The first-order valence-electron chi connectivity index (χ1n) is 9.72. The molecule has 3 rings (SSSR count). The second-order valence-corrected chi connectivity index (χ2v) is 9.89. The van der Waals surface area contributed by atoms with Gasteiger partial charge in [-0.05, 0) is 56.0 Å². The third-order valence-corrected chi connectivity index (χ3v) is 6.57. The Balaban J connectivity index is 1.57. The molecule has 3 aromatic rings. The molecule has 2 aromatic carbocycles. The van der Waals surface area contributed by atoms with E-state index in [-0.39, 0.29) is 18.0 Å². The van der Waals surface area contributed by atoms with Crippen molar-refractivity contribution in [2.24, 2.45) is 0 Å². The number of rotatable bonds is 9. The summed E-state index contributed by atoms with van der Waals surface area (Å²) in [4.78, 5) is 16.6. The fourth-order valence-electron chi connectivity index (χ4n) is 3.21. The van der Waals surface area contributed by atoms with Crippen molar-refractivity contribution in [1.29, 1.82) is 0 Å². The summed E-state index contributed by atoms with van der Waals surface area (Å²) < 4.78 is 30.7. The molecule has 1 heterocycles. The number of hydrogen-bond donors (Lipinski definition) is 0. The predicted octanol–water partition coefficient (Wildman–Crippen LogP) is 5.12. The van der Waals surface area contributed by atoms with Crippen LogP contribution in [0.5, 0.6) is 0 Å². The zero-order chi connectivity index (χ0) is 21.7. The van der Waals surface area contributed by atoms with E-state index < -0.39 is 15.6 Å². The number of carbonyl (C=O) groups is 1. The molecule has 0 saturated carbocycles. The molecule has 1 aromatic heterocycles. The van der Waals surface area contributed by atoms with Crippen LogP contribution in [0.25, 0.3) is 11.5 Å². The van der Waals surface area contributed by atoms with Crippen molar-refractivity contribution in [1.82, 2.24) is 4.98 Å². The number of aromatic nitrogens is 1. The molecule has 0 saturated heterocycles. The van der Waals surface area contributed by atoms with E-state index in [1.54, 1.807) is 19.1 Å². The Labute approximate surface area is 182 Å². The Kier molecular flexibility index (Phi) is 7.10. The molecule has 0 unspecified atom stereocenters. The zero-order valence-electron chi connectivity index (χ0n) is 17.0. The Bertz CT molecular complexity index is 1130. The first kappa shape index (κ1) is 22.2. The fraction of sp³-hybridized carbons (Fsp3) is 0.304. The van der Waals surface area contributed by atoms with Crippen molar-refractivity contribution in [3.63, 3.8) is 0 Å². The molecular formula is C23H24ClNO4S. The van der Waals surface area contributed by atoms with E-state index in [2.05, 4.69) is 4.98 Å². The maximum Gasteiger partial charge on any atom is 0.226 e. The van der Waals surface area contributed by atoms with E-state index in [0.29, 0.717) is 35.2 Å². The van der Waals surface area contributed by atoms with Crippen molar-refractivity contribution < 1.29 is 17.6 Å². The summed E-state index contributed by atoms with van der Waals surface area (Å²) >= 11 is 5.86. The van der Waals surface area contributed by atoms with Gasteiger partial charge in [-0.15, -0.1) is 0 Å². The summed E-state index contributed by atoms with van der Waals surface area (Å²) in [5.74, 6) is -0.238. The molecule has 0 radical (unpaired) electrons. The molecule has 30 heavy (non-hydrogen) atoms. The molecule has 0 N–H and O–H groups in total. The van der Waals surface area contributed by atoms with Gasteiger partial charge in [0.1, 0.15) is 17.3 Å². The maximum atomic E-state index is 12.5. The molecular weight excluding hydrogens is 422 g/mol. The number of halogens is 1. The number of nitrogens with zero attached hydrogens (tertiary/aromatic N) is 1. The van der Waals surface area contributed by atoms with Crippen LogP contribution in [0.2, 0.25) is 5.02 Å². The number of sulfone groups is 1. The van der Waals surface area contributed by atoms with Gasteiger partial charge in [0.05, 0.1) is 11.4 Å². The monoisotopic (exact) mass is 445 g/mol. The van der Waals surface area contributed by atoms with Crippen LogP contribution in [0.1, 0.15) is 35.4 Å². The second kappa shape index (κ2) is 9.58. The van der Waals surface area contributed by atoms with Crippen LogP contribution in [0, 0.1) is 13.8 Å². The highest BCUT2D eigenvalue weighted by Crippen LogP contribution is 2.25. The van der Waals surface area contributed by atoms with E-state index in [1.165, 1.54) is 0 Å². The van der Waals surface area contributed by atoms with Crippen LogP contribution in [0.15, 0.2) is 52.9 Å². The average Bonchev–Trinajstić information content (AvgIpc) is 3.02. The highest BCUT2D eigenvalue weighted by atomic mass is 35.5. The molecule has 0 aliphatic carbocycles. The Morgan fingerprint density at radius 3 is 2.47 bits per heavy atom. The smallest absolute Gasteiger partial charge is 0.226 e. The molecule has 7 heteroatoms. The van der Waals surface area contributed by atoms with E-state index in [0.717, 1.165) is 16.7 Å². The number of Topliss-reactive ketones (excluding diaryl/α,β-unsaturated/α-hetero) is 1. The minimum atomic E-state index is -3.63. The summed E-state index contributed by atoms with van der Waals surface area (Å²) in [5.41, 5.74) is 3.23. The Morgan fingerprint density at radius 1 is 1.07 bits per heavy atom. The lowest BCUT2D eigenvalue weighted by atomic mass is 10.1. The highest BCUT2D eigenvalue weighted by molar-refractivity contribution is 7.91. The van der Waals surface area contributed by atoms with Gasteiger partial charge in [0.15, 0.2) is 9.84 Å². The van der Waals surface area contributed by atoms with Gasteiger partial charge in [-0.25, -0.2) is 13.4 Å². The minimum Gasteiger partial charge on any atom is -0.441 e. The number of hydrogen-bond acceptors (Lipinski definition) is 5. The number of aryl methyl sites for hydroxylation is 3. The topological polar surface area (TPSA) is 77.2 Å². The number of oxazole rings is 1. The number of carbonyl (C=O) groups excluding carboxylic acids is 1. The highest BCUT2D eigenvalue weighted by Gasteiger charge is 2.22. The molecule has 0 spiro atoms. The summed E-state index contributed by atoms with van der Waals surface area (Å²) in [6.45, 7) is 3.63. The normalized spacial score (nSPS) is 11.6. The van der Waals surface area contributed by atoms with Crippen molar-refractivity contribution in [2.45, 2.75) is 38.9 Å². The van der Waals surface area contributed by atoms with Crippen LogP contribution in [0.4, 0.5) is 0 Å². The first-order chi connectivity index (χ1) is 14.2. The van der Waals surface area contributed by atoms with Gasteiger partial charge < -0.3 is 4.42 Å². The lowest BCUT2D eigenvalue weighted by Gasteiger charge is -2.04. The first-order valence-corrected chi connectivity index (χ1v) is 11.9. The average molecular weight is 446 g/mol. The van der Waals surface area contributed by atoms with Gasteiger partial charge in [-0.1, -0.05) is 41.9 Å². The van der Waals surface area contributed by atoms with Gasteiger partial charge >= 0.3 is 0 Å². The van der Waals surface area contributed by atoms with E-state index in [4.69, 9.17) is 16.0 Å². The van der Waals surface area contributed by atoms with Crippen LogP contribution in [-0.2, 0) is 26.8 Å². The maximum absolute atomic E-state index is 12.5. The summed E-state index contributed by atoms with van der Waals surface area (Å²) in [6.07, 6.45) is 1.51. The van der Waals surface area contributed by atoms with E-state index in [1.807, 2.05) is 43.3 Å². The van der Waals surface area contributed by atoms with Gasteiger partial charge in [-0.2, -0.15) is 0 Å². The van der Waals surface area contributed by atoms with Crippen molar-refractivity contribution in [3.8, 4) is 11.5 Å². The molecule has 0 amide bonds. The lowest BCUT2D eigenvalue weighted by Crippen LogP contribution is -2.18. The fourth-order valence-corrected chi connectivity index (χ4v) is 4.75. The minimum absolute atomic E-state index is 0.216. The Hall–Kier alpha value is -2.44. The molecule has 0 fully saturated rings. The third-order valence-electron chi connectivity index (χ3n) is 4.84. The molecule has 0 aliphatic rings.